The summed E-state index contributed by atoms with van der Waals surface area (Å²) in [5.41, 5.74) is 0.588. The minimum absolute atomic E-state index is 0.156. The lowest BCUT2D eigenvalue weighted by Gasteiger charge is -2.10. The fraction of sp³-hybridized carbons (Fsp3) is 0.214. The molecule has 1 aromatic heterocycles. The van der Waals surface area contributed by atoms with Gasteiger partial charge in [-0.15, -0.1) is 0 Å². The van der Waals surface area contributed by atoms with Crippen LogP contribution in [0.2, 0.25) is 10.0 Å². The molecule has 2 rings (SSSR count). The molecule has 0 amide bonds. The van der Waals surface area contributed by atoms with Crippen LogP contribution in [0.25, 0.3) is 0 Å². The number of hydrogen-bond acceptors (Lipinski definition) is 3. The van der Waals surface area contributed by atoms with Crippen molar-refractivity contribution in [3.05, 3.63) is 51.9 Å². The van der Waals surface area contributed by atoms with Gasteiger partial charge in [0.1, 0.15) is 24.0 Å². The van der Waals surface area contributed by atoms with Crippen LogP contribution in [0.5, 0.6) is 5.75 Å². The van der Waals surface area contributed by atoms with Crippen molar-refractivity contribution < 1.29 is 9.13 Å². The van der Waals surface area contributed by atoms with Crippen LogP contribution in [-0.2, 0) is 6.61 Å². The molecule has 0 fully saturated rings. The largest absolute Gasteiger partial charge is 0.486 e. The predicted molar refractivity (Wildman–Crippen MR) is 79.2 cm³/mol. The Morgan fingerprint density at radius 2 is 2.00 bits per heavy atom. The van der Waals surface area contributed by atoms with Gasteiger partial charge in [0, 0.05) is 6.54 Å². The lowest BCUT2D eigenvalue weighted by atomic mass is 10.3. The van der Waals surface area contributed by atoms with Crippen LogP contribution in [0.3, 0.4) is 0 Å². The highest BCUT2D eigenvalue weighted by atomic mass is 35.5. The van der Waals surface area contributed by atoms with Gasteiger partial charge >= 0.3 is 0 Å². The summed E-state index contributed by atoms with van der Waals surface area (Å²) in [7, 11) is 0. The van der Waals surface area contributed by atoms with Gasteiger partial charge in [-0.25, -0.2) is 9.37 Å². The molecule has 0 bridgehead atoms. The monoisotopic (exact) mass is 314 g/mol. The maximum Gasteiger partial charge on any atom is 0.138 e. The van der Waals surface area contributed by atoms with E-state index >= 15 is 0 Å². The highest BCUT2D eigenvalue weighted by Gasteiger charge is 2.08. The Bertz CT molecular complexity index is 608. The average Bonchev–Trinajstić information content (AvgIpc) is 2.41. The molecular weight excluding hydrogens is 302 g/mol. The van der Waals surface area contributed by atoms with Crippen LogP contribution in [0, 0.1) is 5.82 Å². The summed E-state index contributed by atoms with van der Waals surface area (Å²) in [5, 5.41) is 3.81. The second kappa shape index (κ2) is 6.77. The van der Waals surface area contributed by atoms with Crippen molar-refractivity contribution in [3.63, 3.8) is 0 Å². The smallest absolute Gasteiger partial charge is 0.138 e. The molecular formula is C14H13Cl2FN2O. The van der Waals surface area contributed by atoms with E-state index in [-0.39, 0.29) is 11.6 Å². The molecule has 0 spiro atoms. The number of rotatable bonds is 5. The quantitative estimate of drug-likeness (QED) is 0.879. The topological polar surface area (TPSA) is 34.1 Å². The molecule has 20 heavy (non-hydrogen) atoms. The average molecular weight is 315 g/mol. The molecule has 6 heteroatoms. The Labute approximate surface area is 126 Å². The molecule has 0 aliphatic heterocycles. The lowest BCUT2D eigenvalue weighted by molar-refractivity contribution is 0.301. The molecule has 0 radical (unpaired) electrons. The van der Waals surface area contributed by atoms with E-state index in [4.69, 9.17) is 27.9 Å². The third-order valence-electron chi connectivity index (χ3n) is 2.53. The van der Waals surface area contributed by atoms with Gasteiger partial charge in [0.2, 0.25) is 0 Å². The van der Waals surface area contributed by atoms with Crippen molar-refractivity contribution in [2.45, 2.75) is 13.5 Å². The van der Waals surface area contributed by atoms with Crippen LogP contribution >= 0.6 is 23.2 Å². The first kappa shape index (κ1) is 14.9. The summed E-state index contributed by atoms with van der Waals surface area (Å²) >= 11 is 12.0. The number of nitrogens with one attached hydrogen (secondary N) is 1. The molecule has 1 aromatic carbocycles. The second-order valence-corrected chi connectivity index (χ2v) is 4.83. The van der Waals surface area contributed by atoms with Crippen LogP contribution < -0.4 is 10.1 Å². The SMILES string of the molecule is CCNc1ccc(Cl)c(COc2ccc(F)cc2Cl)n1. The normalized spacial score (nSPS) is 10.4. The summed E-state index contributed by atoms with van der Waals surface area (Å²) in [5.74, 6) is 0.702. The Morgan fingerprint density at radius 1 is 1.20 bits per heavy atom. The van der Waals surface area contributed by atoms with Crippen LogP contribution in [0.4, 0.5) is 10.2 Å². The van der Waals surface area contributed by atoms with Gasteiger partial charge in [-0.05, 0) is 37.3 Å². The van der Waals surface area contributed by atoms with Gasteiger partial charge in [0.25, 0.3) is 0 Å². The maximum absolute atomic E-state index is 12.9. The minimum Gasteiger partial charge on any atom is -0.486 e. The fourth-order valence-electron chi connectivity index (χ4n) is 1.60. The number of aromatic nitrogens is 1. The number of benzene rings is 1. The zero-order valence-corrected chi connectivity index (χ0v) is 12.3. The molecule has 0 atom stereocenters. The third kappa shape index (κ3) is 3.74. The first-order valence-corrected chi connectivity index (χ1v) is 6.83. The molecule has 2 aromatic rings. The van der Waals surface area contributed by atoms with Crippen LogP contribution in [0.15, 0.2) is 30.3 Å². The Morgan fingerprint density at radius 3 is 2.70 bits per heavy atom. The summed E-state index contributed by atoms with van der Waals surface area (Å²) < 4.78 is 18.4. The summed E-state index contributed by atoms with van der Waals surface area (Å²) in [6, 6.07) is 7.49. The molecule has 3 nitrogen and oxygen atoms in total. The van der Waals surface area contributed by atoms with Crippen LogP contribution in [-0.4, -0.2) is 11.5 Å². The molecule has 0 aliphatic rings. The van der Waals surface area contributed by atoms with E-state index < -0.39 is 5.82 Å². The van der Waals surface area contributed by atoms with Gasteiger partial charge in [0.05, 0.1) is 15.7 Å². The van der Waals surface area contributed by atoms with E-state index in [1.807, 2.05) is 6.92 Å². The first-order chi connectivity index (χ1) is 9.60. The number of ether oxygens (including phenoxy) is 1. The molecule has 0 aliphatic carbocycles. The van der Waals surface area contributed by atoms with E-state index in [1.54, 1.807) is 12.1 Å². The van der Waals surface area contributed by atoms with Crippen molar-refractivity contribution in [2.24, 2.45) is 0 Å². The fourth-order valence-corrected chi connectivity index (χ4v) is 1.99. The molecule has 0 saturated heterocycles. The number of pyridine rings is 1. The number of hydrogen-bond donors (Lipinski definition) is 1. The molecule has 1 heterocycles. The highest BCUT2D eigenvalue weighted by Crippen LogP contribution is 2.26. The third-order valence-corrected chi connectivity index (χ3v) is 3.17. The van der Waals surface area contributed by atoms with E-state index in [0.29, 0.717) is 16.5 Å². The van der Waals surface area contributed by atoms with Crippen molar-refractivity contribution in [1.82, 2.24) is 4.98 Å². The minimum atomic E-state index is -0.410. The van der Waals surface area contributed by atoms with E-state index in [2.05, 4.69) is 10.3 Å². The summed E-state index contributed by atoms with van der Waals surface area (Å²) in [6.07, 6.45) is 0. The van der Waals surface area contributed by atoms with Gasteiger partial charge in [-0.3, -0.25) is 0 Å². The van der Waals surface area contributed by atoms with Crippen molar-refractivity contribution in [2.75, 3.05) is 11.9 Å². The van der Waals surface area contributed by atoms with Crippen molar-refractivity contribution in [1.29, 1.82) is 0 Å². The maximum atomic E-state index is 12.9. The standard InChI is InChI=1S/C14H13Cl2FN2O/c1-2-18-14-6-4-10(15)12(19-14)8-20-13-5-3-9(17)7-11(13)16/h3-7H,2,8H2,1H3,(H,18,19). The summed E-state index contributed by atoms with van der Waals surface area (Å²) in [6.45, 7) is 2.90. The van der Waals surface area contributed by atoms with Crippen LogP contribution in [0.1, 0.15) is 12.6 Å². The van der Waals surface area contributed by atoms with Crippen molar-refractivity contribution in [3.8, 4) is 5.75 Å². The molecule has 1 N–H and O–H groups in total. The number of halogens is 3. The van der Waals surface area contributed by atoms with E-state index in [0.717, 1.165) is 12.4 Å². The van der Waals surface area contributed by atoms with Crippen molar-refractivity contribution >= 4 is 29.0 Å². The molecule has 0 unspecified atom stereocenters. The summed E-state index contributed by atoms with van der Waals surface area (Å²) in [4.78, 5) is 4.34. The number of nitrogens with zero attached hydrogens (tertiary/aromatic N) is 1. The number of anilines is 1. The Balaban J connectivity index is 2.11. The molecule has 106 valence electrons. The van der Waals surface area contributed by atoms with Gasteiger partial charge in [-0.2, -0.15) is 0 Å². The van der Waals surface area contributed by atoms with Gasteiger partial charge < -0.3 is 10.1 Å². The zero-order chi connectivity index (χ0) is 14.5. The van der Waals surface area contributed by atoms with E-state index in [9.17, 15) is 4.39 Å². The van der Waals surface area contributed by atoms with E-state index in [1.165, 1.54) is 18.2 Å². The lowest BCUT2D eigenvalue weighted by Crippen LogP contribution is -2.04. The highest BCUT2D eigenvalue weighted by molar-refractivity contribution is 6.32. The Hall–Kier alpha value is -1.52. The molecule has 0 saturated carbocycles. The van der Waals surface area contributed by atoms with Gasteiger partial charge in [-0.1, -0.05) is 23.2 Å². The Kier molecular flexibility index (Phi) is 5.04. The zero-order valence-electron chi connectivity index (χ0n) is 10.8. The second-order valence-electron chi connectivity index (χ2n) is 4.02. The first-order valence-electron chi connectivity index (χ1n) is 6.07. The van der Waals surface area contributed by atoms with Gasteiger partial charge in [0.15, 0.2) is 0 Å². The predicted octanol–water partition coefficient (Wildman–Crippen LogP) is 4.54.